The quantitative estimate of drug-likeness (QED) is 0.402. The number of anilines is 2. The van der Waals surface area contributed by atoms with Gasteiger partial charge in [-0.1, -0.05) is 59.9 Å². The Morgan fingerprint density at radius 1 is 0.964 bits per heavy atom. The van der Waals surface area contributed by atoms with Crippen LogP contribution < -0.4 is 15.4 Å². The molecule has 2 N–H and O–H groups in total. The lowest BCUT2D eigenvalue weighted by molar-refractivity contribution is 0.417. The Hall–Kier alpha value is -2.96. The number of hydrogen-bond donors (Lipinski definition) is 2. The first kappa shape index (κ1) is 18.4. The molecule has 6 heteroatoms. The first-order valence-corrected chi connectivity index (χ1v) is 10.0. The molecule has 0 fully saturated rings. The molecular weight excluding hydrogens is 386 g/mol. The standard InChI is InChI=1S/C22H19N3OS2/c1-14-7-6-10-19-20(14)24-22(28-19)25-21(27)23-17-13-16(11-12-18(17)26-2)15-8-4-3-5-9-15/h3-13H,1-2H3,(H2,23,24,25,27). The molecule has 3 aromatic carbocycles. The molecule has 0 bridgehead atoms. The molecule has 1 heterocycles. The van der Waals surface area contributed by atoms with E-state index in [0.717, 1.165) is 43.5 Å². The van der Waals surface area contributed by atoms with Crippen molar-refractivity contribution < 1.29 is 4.74 Å². The molecule has 0 aliphatic heterocycles. The molecule has 0 aliphatic rings. The zero-order valence-corrected chi connectivity index (χ0v) is 17.2. The highest BCUT2D eigenvalue weighted by molar-refractivity contribution is 7.80. The van der Waals surface area contributed by atoms with Crippen molar-refractivity contribution in [3.8, 4) is 16.9 Å². The van der Waals surface area contributed by atoms with Gasteiger partial charge in [-0.25, -0.2) is 4.98 Å². The topological polar surface area (TPSA) is 46.2 Å². The second kappa shape index (κ2) is 7.96. The summed E-state index contributed by atoms with van der Waals surface area (Å²) >= 11 is 7.09. The van der Waals surface area contributed by atoms with Gasteiger partial charge in [0.1, 0.15) is 5.75 Å². The highest BCUT2D eigenvalue weighted by Gasteiger charge is 2.10. The van der Waals surface area contributed by atoms with Gasteiger partial charge in [0.05, 0.1) is 23.0 Å². The van der Waals surface area contributed by atoms with Crippen molar-refractivity contribution in [2.75, 3.05) is 17.7 Å². The number of benzene rings is 3. The number of para-hydroxylation sites is 1. The van der Waals surface area contributed by atoms with Gasteiger partial charge < -0.3 is 15.4 Å². The Bertz CT molecular complexity index is 1140. The summed E-state index contributed by atoms with van der Waals surface area (Å²) in [6.07, 6.45) is 0. The van der Waals surface area contributed by atoms with E-state index in [-0.39, 0.29) is 0 Å². The fourth-order valence-electron chi connectivity index (χ4n) is 3.01. The number of aryl methyl sites for hydroxylation is 1. The van der Waals surface area contributed by atoms with E-state index in [0.29, 0.717) is 5.11 Å². The average molecular weight is 406 g/mol. The smallest absolute Gasteiger partial charge is 0.190 e. The van der Waals surface area contributed by atoms with E-state index < -0.39 is 0 Å². The van der Waals surface area contributed by atoms with E-state index in [2.05, 4.69) is 46.8 Å². The molecular formula is C22H19N3OS2. The van der Waals surface area contributed by atoms with E-state index in [4.69, 9.17) is 17.0 Å². The third-order valence-electron chi connectivity index (χ3n) is 4.40. The van der Waals surface area contributed by atoms with Gasteiger partial charge in [-0.15, -0.1) is 0 Å². The van der Waals surface area contributed by atoms with Crippen molar-refractivity contribution in [1.82, 2.24) is 4.98 Å². The molecule has 4 nitrogen and oxygen atoms in total. The third kappa shape index (κ3) is 3.83. The van der Waals surface area contributed by atoms with E-state index >= 15 is 0 Å². The number of nitrogens with one attached hydrogen (secondary N) is 2. The molecule has 0 saturated carbocycles. The molecule has 4 rings (SSSR count). The Morgan fingerprint density at radius 3 is 2.54 bits per heavy atom. The first-order valence-electron chi connectivity index (χ1n) is 8.81. The van der Waals surface area contributed by atoms with Crippen molar-refractivity contribution in [3.63, 3.8) is 0 Å². The fourth-order valence-corrected chi connectivity index (χ4v) is 4.23. The van der Waals surface area contributed by atoms with Gasteiger partial charge >= 0.3 is 0 Å². The molecule has 0 radical (unpaired) electrons. The van der Waals surface area contributed by atoms with Crippen LogP contribution in [-0.2, 0) is 0 Å². The maximum absolute atomic E-state index is 5.51. The summed E-state index contributed by atoms with van der Waals surface area (Å²) in [6.45, 7) is 2.06. The fraction of sp³-hybridized carbons (Fsp3) is 0.0909. The molecule has 4 aromatic rings. The first-order chi connectivity index (χ1) is 13.6. The zero-order valence-electron chi connectivity index (χ0n) is 15.5. The van der Waals surface area contributed by atoms with Crippen LogP contribution in [0.5, 0.6) is 5.75 Å². The number of aromatic nitrogens is 1. The lowest BCUT2D eigenvalue weighted by Gasteiger charge is -2.14. The number of thiazole rings is 1. The van der Waals surface area contributed by atoms with Crippen LogP contribution in [0.4, 0.5) is 10.8 Å². The summed E-state index contributed by atoms with van der Waals surface area (Å²) in [5, 5.41) is 7.67. The van der Waals surface area contributed by atoms with Crippen LogP contribution >= 0.6 is 23.6 Å². The predicted octanol–water partition coefficient (Wildman–Crippen LogP) is 6.09. The average Bonchev–Trinajstić information content (AvgIpc) is 3.12. The SMILES string of the molecule is COc1ccc(-c2ccccc2)cc1NC(=S)Nc1nc2c(C)cccc2s1. The monoisotopic (exact) mass is 405 g/mol. The number of ether oxygens (including phenoxy) is 1. The van der Waals surface area contributed by atoms with E-state index in [1.807, 2.05) is 42.5 Å². The van der Waals surface area contributed by atoms with Gasteiger partial charge in [-0.2, -0.15) is 0 Å². The van der Waals surface area contributed by atoms with Gasteiger partial charge in [-0.05, 0) is 54.0 Å². The van der Waals surface area contributed by atoms with Crippen LogP contribution in [0, 0.1) is 6.92 Å². The third-order valence-corrected chi connectivity index (χ3v) is 5.54. The maximum atomic E-state index is 5.51. The number of methoxy groups -OCH3 is 1. The Morgan fingerprint density at radius 2 is 1.79 bits per heavy atom. The molecule has 0 spiro atoms. The highest BCUT2D eigenvalue weighted by Crippen LogP contribution is 2.31. The molecule has 0 atom stereocenters. The van der Waals surface area contributed by atoms with Crippen LogP contribution in [0.2, 0.25) is 0 Å². The maximum Gasteiger partial charge on any atom is 0.190 e. The Labute approximate surface area is 173 Å². The molecule has 0 saturated heterocycles. The van der Waals surface area contributed by atoms with E-state index in [1.54, 1.807) is 18.4 Å². The number of nitrogens with zero attached hydrogens (tertiary/aromatic N) is 1. The van der Waals surface area contributed by atoms with Gasteiger partial charge in [0.2, 0.25) is 0 Å². The van der Waals surface area contributed by atoms with E-state index in [9.17, 15) is 0 Å². The largest absolute Gasteiger partial charge is 0.495 e. The molecule has 0 unspecified atom stereocenters. The van der Waals surface area contributed by atoms with Crippen molar-refractivity contribution in [3.05, 3.63) is 72.3 Å². The highest BCUT2D eigenvalue weighted by atomic mass is 32.1. The van der Waals surface area contributed by atoms with Crippen molar-refractivity contribution >= 4 is 49.7 Å². The second-order valence-electron chi connectivity index (χ2n) is 6.30. The van der Waals surface area contributed by atoms with Crippen molar-refractivity contribution in [2.45, 2.75) is 6.92 Å². The number of thiocarbonyl (C=S) groups is 1. The number of hydrogen-bond acceptors (Lipinski definition) is 4. The normalized spacial score (nSPS) is 10.6. The minimum atomic E-state index is 0.472. The number of fused-ring (bicyclic) bond motifs is 1. The number of rotatable bonds is 4. The lowest BCUT2D eigenvalue weighted by Crippen LogP contribution is -2.19. The minimum Gasteiger partial charge on any atom is -0.495 e. The summed E-state index contributed by atoms with van der Waals surface area (Å²) in [5.41, 5.74) is 5.18. The Balaban J connectivity index is 1.57. The molecule has 0 aliphatic carbocycles. The summed E-state index contributed by atoms with van der Waals surface area (Å²) < 4.78 is 6.62. The molecule has 1 aromatic heterocycles. The summed E-state index contributed by atoms with van der Waals surface area (Å²) in [6, 6.07) is 22.4. The zero-order chi connectivity index (χ0) is 19.5. The summed E-state index contributed by atoms with van der Waals surface area (Å²) in [7, 11) is 1.65. The lowest BCUT2D eigenvalue weighted by atomic mass is 10.0. The van der Waals surface area contributed by atoms with Crippen LogP contribution in [0.1, 0.15) is 5.56 Å². The molecule has 0 amide bonds. The predicted molar refractivity (Wildman–Crippen MR) is 123 cm³/mol. The van der Waals surface area contributed by atoms with Gasteiger partial charge in [0, 0.05) is 0 Å². The van der Waals surface area contributed by atoms with Crippen LogP contribution in [0.3, 0.4) is 0 Å². The minimum absolute atomic E-state index is 0.472. The van der Waals surface area contributed by atoms with Gasteiger partial charge in [-0.3, -0.25) is 0 Å². The van der Waals surface area contributed by atoms with Crippen LogP contribution in [0.15, 0.2) is 66.7 Å². The van der Waals surface area contributed by atoms with Gasteiger partial charge in [0.15, 0.2) is 10.2 Å². The second-order valence-corrected chi connectivity index (χ2v) is 7.74. The summed E-state index contributed by atoms with van der Waals surface area (Å²) in [5.74, 6) is 0.726. The van der Waals surface area contributed by atoms with Crippen LogP contribution in [0.25, 0.3) is 21.3 Å². The molecule has 140 valence electrons. The Kier molecular flexibility index (Phi) is 5.23. The van der Waals surface area contributed by atoms with Gasteiger partial charge in [0.25, 0.3) is 0 Å². The van der Waals surface area contributed by atoms with Crippen molar-refractivity contribution in [2.24, 2.45) is 0 Å². The molecule has 28 heavy (non-hydrogen) atoms. The summed E-state index contributed by atoms with van der Waals surface area (Å²) in [4.78, 5) is 4.65. The van der Waals surface area contributed by atoms with Crippen LogP contribution in [-0.4, -0.2) is 17.2 Å². The van der Waals surface area contributed by atoms with Crippen molar-refractivity contribution in [1.29, 1.82) is 0 Å². The van der Waals surface area contributed by atoms with E-state index in [1.165, 1.54) is 0 Å².